The van der Waals surface area contributed by atoms with Gasteiger partial charge in [-0.1, -0.05) is 23.7 Å². The zero-order valence-electron chi connectivity index (χ0n) is 8.22. The van der Waals surface area contributed by atoms with Crippen molar-refractivity contribution in [2.24, 2.45) is 0 Å². The number of carbonyl (C=O) groups is 1. The van der Waals surface area contributed by atoms with Gasteiger partial charge in [0.25, 0.3) is 5.91 Å². The minimum absolute atomic E-state index is 0.310. The van der Waals surface area contributed by atoms with Crippen LogP contribution in [0.15, 0.2) is 42.6 Å². The third-order valence-corrected chi connectivity index (χ3v) is 2.06. The van der Waals surface area contributed by atoms with E-state index in [9.17, 15) is 4.79 Å². The van der Waals surface area contributed by atoms with Gasteiger partial charge in [-0.15, -0.1) is 0 Å². The second-order valence-electron chi connectivity index (χ2n) is 3.01. The van der Waals surface area contributed by atoms with Crippen molar-refractivity contribution >= 4 is 23.3 Å². The molecule has 2 aromatic heterocycles. The summed E-state index contributed by atoms with van der Waals surface area (Å²) in [5, 5.41) is 2.93. The number of anilines is 1. The van der Waals surface area contributed by atoms with Crippen molar-refractivity contribution in [1.29, 1.82) is 0 Å². The van der Waals surface area contributed by atoms with E-state index in [4.69, 9.17) is 11.6 Å². The van der Waals surface area contributed by atoms with Gasteiger partial charge in [0.15, 0.2) is 0 Å². The molecule has 0 aliphatic carbocycles. The number of carbonyl (C=O) groups excluding carboxylic acids is 1. The van der Waals surface area contributed by atoms with Crippen LogP contribution in [0, 0.1) is 0 Å². The molecule has 0 bridgehead atoms. The van der Waals surface area contributed by atoms with Gasteiger partial charge < -0.3 is 5.32 Å². The smallest absolute Gasteiger partial charge is 0.275 e. The minimum atomic E-state index is -0.310. The summed E-state index contributed by atoms with van der Waals surface area (Å²) in [6.45, 7) is 0. The van der Waals surface area contributed by atoms with Crippen LogP contribution in [0.25, 0.3) is 0 Å². The van der Waals surface area contributed by atoms with Gasteiger partial charge in [-0.3, -0.25) is 9.78 Å². The second kappa shape index (κ2) is 4.72. The lowest BCUT2D eigenvalue weighted by molar-refractivity contribution is 0.102. The third-order valence-electron chi connectivity index (χ3n) is 1.85. The van der Waals surface area contributed by atoms with Crippen LogP contribution in [0.3, 0.4) is 0 Å². The van der Waals surface area contributed by atoms with Gasteiger partial charge >= 0.3 is 0 Å². The molecule has 16 heavy (non-hydrogen) atoms. The number of amides is 1. The van der Waals surface area contributed by atoms with Gasteiger partial charge in [-0.25, -0.2) is 4.98 Å². The first-order valence-electron chi connectivity index (χ1n) is 4.60. The Morgan fingerprint density at radius 3 is 2.75 bits per heavy atom. The van der Waals surface area contributed by atoms with Gasteiger partial charge in [0, 0.05) is 6.20 Å². The molecule has 0 aromatic carbocycles. The molecule has 0 spiro atoms. The molecular formula is C11H8ClN3O. The fraction of sp³-hybridized carbons (Fsp3) is 0. The predicted molar refractivity (Wildman–Crippen MR) is 61.4 cm³/mol. The van der Waals surface area contributed by atoms with Crippen molar-refractivity contribution in [1.82, 2.24) is 9.97 Å². The molecule has 4 nitrogen and oxygen atoms in total. The number of aromatic nitrogens is 2. The van der Waals surface area contributed by atoms with Crippen LogP contribution in [-0.4, -0.2) is 15.9 Å². The molecule has 0 saturated heterocycles. The van der Waals surface area contributed by atoms with Gasteiger partial charge in [0.2, 0.25) is 0 Å². The third kappa shape index (κ3) is 2.55. The lowest BCUT2D eigenvalue weighted by Crippen LogP contribution is -2.14. The Labute approximate surface area is 97.3 Å². The van der Waals surface area contributed by atoms with Crippen LogP contribution in [0.1, 0.15) is 10.5 Å². The number of nitrogens with one attached hydrogen (secondary N) is 1. The molecule has 0 aliphatic rings. The summed E-state index contributed by atoms with van der Waals surface area (Å²) in [5.74, 6) is 0.0959. The molecule has 0 aliphatic heterocycles. The van der Waals surface area contributed by atoms with E-state index in [0.717, 1.165) is 0 Å². The topological polar surface area (TPSA) is 54.9 Å². The summed E-state index contributed by atoms with van der Waals surface area (Å²) in [6, 6.07) is 10.1. The maximum absolute atomic E-state index is 11.7. The molecule has 80 valence electrons. The highest BCUT2D eigenvalue weighted by molar-refractivity contribution is 6.29. The van der Waals surface area contributed by atoms with Gasteiger partial charge in [-0.05, 0) is 24.3 Å². The van der Waals surface area contributed by atoms with E-state index in [1.54, 1.807) is 42.6 Å². The van der Waals surface area contributed by atoms with Crippen molar-refractivity contribution in [3.63, 3.8) is 0 Å². The van der Waals surface area contributed by atoms with Crippen LogP contribution in [0.4, 0.5) is 5.82 Å². The maximum atomic E-state index is 11.7. The molecule has 2 rings (SSSR count). The number of hydrogen-bond acceptors (Lipinski definition) is 3. The number of halogens is 1. The highest BCUT2D eigenvalue weighted by Gasteiger charge is 2.07. The fourth-order valence-corrected chi connectivity index (χ4v) is 1.32. The Kier molecular flexibility index (Phi) is 3.12. The molecule has 0 unspecified atom stereocenters. The number of hydrogen-bond donors (Lipinski definition) is 1. The van der Waals surface area contributed by atoms with Crippen LogP contribution in [0.2, 0.25) is 5.15 Å². The maximum Gasteiger partial charge on any atom is 0.275 e. The molecule has 1 amide bonds. The first kappa shape index (κ1) is 10.6. The largest absolute Gasteiger partial charge is 0.305 e. The Morgan fingerprint density at radius 2 is 2.06 bits per heavy atom. The Balaban J connectivity index is 2.14. The molecule has 0 radical (unpaired) electrons. The molecule has 1 N–H and O–H groups in total. The average molecular weight is 234 g/mol. The first-order chi connectivity index (χ1) is 7.75. The summed E-state index contributed by atoms with van der Waals surface area (Å²) < 4.78 is 0. The highest BCUT2D eigenvalue weighted by atomic mass is 35.5. The standard InChI is InChI=1S/C11H8ClN3O/c12-9-5-3-6-10(14-9)15-11(16)8-4-1-2-7-13-8/h1-7H,(H,14,15,16). The SMILES string of the molecule is O=C(Nc1cccc(Cl)n1)c1ccccn1. The van der Waals surface area contributed by atoms with Crippen molar-refractivity contribution in [2.75, 3.05) is 5.32 Å². The molecule has 2 aromatic rings. The van der Waals surface area contributed by atoms with Crippen molar-refractivity contribution in [3.8, 4) is 0 Å². The van der Waals surface area contributed by atoms with E-state index < -0.39 is 0 Å². The molecule has 2 heterocycles. The molecule has 5 heteroatoms. The number of nitrogens with zero attached hydrogens (tertiary/aromatic N) is 2. The summed E-state index contributed by atoms with van der Waals surface area (Å²) in [6.07, 6.45) is 1.56. The van der Waals surface area contributed by atoms with Gasteiger partial charge in [0.05, 0.1) is 0 Å². The van der Waals surface area contributed by atoms with Crippen molar-refractivity contribution < 1.29 is 4.79 Å². The highest BCUT2D eigenvalue weighted by Crippen LogP contribution is 2.09. The Hall–Kier alpha value is -1.94. The Morgan fingerprint density at radius 1 is 1.19 bits per heavy atom. The zero-order valence-corrected chi connectivity index (χ0v) is 8.98. The monoisotopic (exact) mass is 233 g/mol. The van der Waals surface area contributed by atoms with Gasteiger partial charge in [-0.2, -0.15) is 0 Å². The van der Waals surface area contributed by atoms with Crippen LogP contribution >= 0.6 is 11.6 Å². The van der Waals surface area contributed by atoms with Crippen LogP contribution in [0.5, 0.6) is 0 Å². The summed E-state index contributed by atoms with van der Waals surface area (Å²) in [4.78, 5) is 19.5. The predicted octanol–water partition coefficient (Wildman–Crippen LogP) is 2.38. The lowest BCUT2D eigenvalue weighted by atomic mass is 10.3. The molecule has 0 atom stereocenters. The minimum Gasteiger partial charge on any atom is -0.305 e. The van der Waals surface area contributed by atoms with E-state index in [1.165, 1.54) is 0 Å². The number of rotatable bonds is 2. The summed E-state index contributed by atoms with van der Waals surface area (Å²) in [7, 11) is 0. The van der Waals surface area contributed by atoms with E-state index >= 15 is 0 Å². The summed E-state index contributed by atoms with van der Waals surface area (Å²) in [5.41, 5.74) is 0.337. The van der Waals surface area contributed by atoms with E-state index in [0.29, 0.717) is 16.7 Å². The van der Waals surface area contributed by atoms with Crippen LogP contribution < -0.4 is 5.32 Å². The van der Waals surface area contributed by atoms with Crippen molar-refractivity contribution in [2.45, 2.75) is 0 Å². The van der Waals surface area contributed by atoms with E-state index in [1.807, 2.05) is 0 Å². The summed E-state index contributed by atoms with van der Waals surface area (Å²) >= 11 is 5.70. The quantitative estimate of drug-likeness (QED) is 0.811. The van der Waals surface area contributed by atoms with Crippen molar-refractivity contribution in [3.05, 3.63) is 53.4 Å². The van der Waals surface area contributed by atoms with Crippen LogP contribution in [-0.2, 0) is 0 Å². The molecule has 0 fully saturated rings. The van der Waals surface area contributed by atoms with E-state index in [2.05, 4.69) is 15.3 Å². The zero-order chi connectivity index (χ0) is 11.4. The average Bonchev–Trinajstić information content (AvgIpc) is 2.30. The normalized spacial score (nSPS) is 9.81. The van der Waals surface area contributed by atoms with Gasteiger partial charge in [0.1, 0.15) is 16.7 Å². The first-order valence-corrected chi connectivity index (χ1v) is 4.98. The lowest BCUT2D eigenvalue weighted by Gasteiger charge is -2.03. The van der Waals surface area contributed by atoms with E-state index in [-0.39, 0.29) is 5.91 Å². The molecule has 0 saturated carbocycles. The Bertz CT molecular complexity index is 502. The number of pyridine rings is 2. The fourth-order valence-electron chi connectivity index (χ4n) is 1.16. The second-order valence-corrected chi connectivity index (χ2v) is 3.40. The molecular weight excluding hydrogens is 226 g/mol.